The number of carbonyl (C=O) groups is 1. The summed E-state index contributed by atoms with van der Waals surface area (Å²) >= 11 is 6.69. The van der Waals surface area contributed by atoms with Crippen molar-refractivity contribution in [2.24, 2.45) is 0 Å². The second kappa shape index (κ2) is 10.5. The van der Waals surface area contributed by atoms with Crippen LogP contribution in [0, 0.1) is 0 Å². The fourth-order valence-electron chi connectivity index (χ4n) is 2.30. The summed E-state index contributed by atoms with van der Waals surface area (Å²) in [6.45, 7) is 4.98. The van der Waals surface area contributed by atoms with E-state index >= 15 is 0 Å². The number of ether oxygens (including phenoxy) is 1. The van der Waals surface area contributed by atoms with Crippen molar-refractivity contribution in [1.29, 1.82) is 0 Å². The van der Waals surface area contributed by atoms with Gasteiger partial charge in [0.2, 0.25) is 5.91 Å². The first-order valence-electron chi connectivity index (χ1n) is 8.43. The molecule has 0 saturated carbocycles. The van der Waals surface area contributed by atoms with Crippen LogP contribution in [0.5, 0.6) is 0 Å². The molecular formula is C15H27N6O2S2+. The maximum Gasteiger partial charge on any atom is 0.244 e. The van der Waals surface area contributed by atoms with Crippen molar-refractivity contribution in [3.8, 4) is 0 Å². The minimum absolute atomic E-state index is 0.166. The monoisotopic (exact) mass is 387 g/mol. The maximum atomic E-state index is 12.0. The molecule has 1 saturated heterocycles. The number of amides is 1. The fraction of sp³-hybridized carbons (Fsp3) is 0.667. The summed E-state index contributed by atoms with van der Waals surface area (Å²) in [5, 5.41) is 6.35. The lowest BCUT2D eigenvalue weighted by Crippen LogP contribution is -3.05. The van der Waals surface area contributed by atoms with Gasteiger partial charge in [0, 0.05) is 31.4 Å². The molecule has 1 aliphatic heterocycles. The molecule has 1 aromatic rings. The van der Waals surface area contributed by atoms with E-state index in [0.29, 0.717) is 5.11 Å². The molecule has 140 valence electrons. The van der Waals surface area contributed by atoms with Crippen LogP contribution in [0.2, 0.25) is 0 Å². The minimum Gasteiger partial charge on any atom is -0.378 e. The van der Waals surface area contributed by atoms with Crippen molar-refractivity contribution in [3.63, 3.8) is 0 Å². The molecule has 2 heterocycles. The third kappa shape index (κ3) is 7.51. The topological polar surface area (TPSA) is 83.0 Å². The summed E-state index contributed by atoms with van der Waals surface area (Å²) in [5.41, 5.74) is 6.09. The molecule has 0 atom stereocenters. The van der Waals surface area contributed by atoms with Gasteiger partial charge >= 0.3 is 0 Å². The Labute approximate surface area is 157 Å². The number of hydrogen-bond acceptors (Lipinski definition) is 6. The molecule has 0 spiro atoms. The molecule has 2 rings (SSSR count). The summed E-state index contributed by atoms with van der Waals surface area (Å²) in [5.74, 6) is -0.166. The Morgan fingerprint density at radius 3 is 2.88 bits per heavy atom. The van der Waals surface area contributed by atoms with E-state index in [4.69, 9.17) is 17.0 Å². The van der Waals surface area contributed by atoms with Gasteiger partial charge < -0.3 is 19.9 Å². The lowest BCUT2D eigenvalue weighted by molar-refractivity contribution is -0.858. The van der Waals surface area contributed by atoms with Crippen molar-refractivity contribution >= 4 is 39.7 Å². The van der Waals surface area contributed by atoms with E-state index in [2.05, 4.69) is 40.1 Å². The summed E-state index contributed by atoms with van der Waals surface area (Å²) in [7, 11) is 4.22. The lowest BCUT2D eigenvalue weighted by Gasteiger charge is -2.26. The summed E-state index contributed by atoms with van der Waals surface area (Å²) < 4.78 is 5.34. The molecule has 0 aliphatic carbocycles. The Morgan fingerprint density at radius 1 is 1.40 bits per heavy atom. The number of thiazole rings is 1. The molecule has 4 N–H and O–H groups in total. The molecule has 1 aromatic heterocycles. The number of aromatic nitrogens is 1. The minimum atomic E-state index is -0.166. The first kappa shape index (κ1) is 19.8. The number of carbonyl (C=O) groups excluding carboxylic acids is 1. The van der Waals surface area contributed by atoms with Gasteiger partial charge in [-0.25, -0.2) is 4.98 Å². The van der Waals surface area contributed by atoms with Crippen molar-refractivity contribution in [1.82, 2.24) is 21.2 Å². The molecule has 0 radical (unpaired) electrons. The highest BCUT2D eigenvalue weighted by molar-refractivity contribution is 7.80. The van der Waals surface area contributed by atoms with Crippen LogP contribution in [0.3, 0.4) is 0 Å². The number of nitrogens with zero attached hydrogens (tertiary/aromatic N) is 2. The summed E-state index contributed by atoms with van der Waals surface area (Å²) in [4.78, 5) is 20.1. The highest BCUT2D eigenvalue weighted by atomic mass is 32.1. The van der Waals surface area contributed by atoms with Gasteiger partial charge in [-0.05, 0) is 12.2 Å². The maximum absolute atomic E-state index is 12.0. The zero-order valence-corrected chi connectivity index (χ0v) is 16.4. The van der Waals surface area contributed by atoms with Gasteiger partial charge in [-0.2, -0.15) is 0 Å². The molecule has 1 fully saturated rings. The van der Waals surface area contributed by atoms with E-state index in [1.54, 1.807) is 11.3 Å². The SMILES string of the molecule is C[NH+](C)CCCNC(=S)NNC(=O)Cc1csc(N2CCOCC2)n1. The van der Waals surface area contributed by atoms with Crippen LogP contribution in [0.25, 0.3) is 0 Å². The Morgan fingerprint density at radius 2 is 2.16 bits per heavy atom. The van der Waals surface area contributed by atoms with Gasteiger partial charge in [0.25, 0.3) is 0 Å². The summed E-state index contributed by atoms with van der Waals surface area (Å²) in [6, 6.07) is 0. The van der Waals surface area contributed by atoms with Crippen molar-refractivity contribution in [3.05, 3.63) is 11.1 Å². The van der Waals surface area contributed by atoms with Gasteiger partial charge in [-0.15, -0.1) is 11.3 Å². The molecule has 1 aliphatic rings. The zero-order chi connectivity index (χ0) is 18.1. The third-order valence-corrected chi connectivity index (χ3v) is 4.81. The van der Waals surface area contributed by atoms with E-state index in [9.17, 15) is 4.79 Å². The Balaban J connectivity index is 1.64. The van der Waals surface area contributed by atoms with E-state index in [1.807, 2.05) is 5.38 Å². The first-order chi connectivity index (χ1) is 12.0. The van der Waals surface area contributed by atoms with E-state index < -0.39 is 0 Å². The molecule has 1 amide bonds. The second-order valence-corrected chi connectivity index (χ2v) is 7.38. The quantitative estimate of drug-likeness (QED) is 0.259. The molecule has 8 nitrogen and oxygen atoms in total. The van der Waals surface area contributed by atoms with Crippen molar-refractivity contribution in [2.45, 2.75) is 12.8 Å². The van der Waals surface area contributed by atoms with Crippen molar-refractivity contribution in [2.75, 3.05) is 58.4 Å². The van der Waals surface area contributed by atoms with E-state index in [-0.39, 0.29) is 12.3 Å². The highest BCUT2D eigenvalue weighted by Crippen LogP contribution is 2.21. The number of morpholine rings is 1. The van der Waals surface area contributed by atoms with Crippen LogP contribution in [-0.4, -0.2) is 69.5 Å². The molecular weight excluding hydrogens is 360 g/mol. The number of rotatable bonds is 7. The predicted octanol–water partition coefficient (Wildman–Crippen LogP) is -1.45. The average molecular weight is 388 g/mol. The number of anilines is 1. The Hall–Kier alpha value is -1.49. The number of thiocarbonyl (C=S) groups is 1. The van der Waals surface area contributed by atoms with Crippen molar-refractivity contribution < 1.29 is 14.4 Å². The van der Waals surface area contributed by atoms with Gasteiger partial charge in [0.05, 0.1) is 46.0 Å². The Bertz CT molecular complexity index is 560. The van der Waals surface area contributed by atoms with Crippen LogP contribution in [-0.2, 0) is 16.0 Å². The smallest absolute Gasteiger partial charge is 0.244 e. The fourth-order valence-corrected chi connectivity index (χ4v) is 3.33. The van der Waals surface area contributed by atoms with Crippen LogP contribution in [0.4, 0.5) is 5.13 Å². The third-order valence-electron chi connectivity index (χ3n) is 3.62. The second-order valence-electron chi connectivity index (χ2n) is 6.14. The van der Waals surface area contributed by atoms with Gasteiger partial charge in [0.15, 0.2) is 10.2 Å². The number of nitrogens with one attached hydrogen (secondary N) is 4. The van der Waals surface area contributed by atoms with Gasteiger partial charge in [-0.3, -0.25) is 15.6 Å². The standard InChI is InChI=1S/C15H26N6O2S2/c1-20(2)5-3-4-16-14(24)19-18-13(22)10-12-11-25-15(17-12)21-6-8-23-9-7-21/h11H,3-10H2,1-2H3,(H,18,22)(H2,16,19,24)/p+1. The highest BCUT2D eigenvalue weighted by Gasteiger charge is 2.15. The molecule has 0 aromatic carbocycles. The van der Waals surface area contributed by atoms with Crippen LogP contribution in [0.15, 0.2) is 5.38 Å². The molecule has 25 heavy (non-hydrogen) atoms. The van der Waals surface area contributed by atoms with E-state index in [0.717, 1.165) is 56.6 Å². The van der Waals surface area contributed by atoms with Crippen LogP contribution < -0.4 is 26.0 Å². The number of hydrogen-bond donors (Lipinski definition) is 4. The molecule has 0 unspecified atom stereocenters. The van der Waals surface area contributed by atoms with E-state index in [1.165, 1.54) is 4.90 Å². The largest absolute Gasteiger partial charge is 0.378 e. The molecule has 10 heteroatoms. The predicted molar refractivity (Wildman–Crippen MR) is 103 cm³/mol. The van der Waals surface area contributed by atoms with Crippen LogP contribution >= 0.6 is 23.6 Å². The number of hydrazine groups is 1. The Kier molecular flexibility index (Phi) is 8.32. The van der Waals surface area contributed by atoms with Gasteiger partial charge in [0.1, 0.15) is 0 Å². The normalized spacial score (nSPS) is 14.4. The molecule has 0 bridgehead atoms. The van der Waals surface area contributed by atoms with Crippen LogP contribution in [0.1, 0.15) is 12.1 Å². The van der Waals surface area contributed by atoms with Gasteiger partial charge in [-0.1, -0.05) is 0 Å². The summed E-state index contributed by atoms with van der Waals surface area (Å²) in [6.07, 6.45) is 1.24. The average Bonchev–Trinajstić information content (AvgIpc) is 3.06. The first-order valence-corrected chi connectivity index (χ1v) is 9.72. The zero-order valence-electron chi connectivity index (χ0n) is 14.8. The number of quaternary nitrogens is 1. The lowest BCUT2D eigenvalue weighted by atomic mass is 10.3.